The molecule has 1 aliphatic carbocycles. The van der Waals surface area contributed by atoms with E-state index in [1.807, 2.05) is 6.07 Å². The summed E-state index contributed by atoms with van der Waals surface area (Å²) < 4.78 is 40.1. The van der Waals surface area contributed by atoms with Crippen molar-refractivity contribution < 1.29 is 42.7 Å². The number of esters is 2. The van der Waals surface area contributed by atoms with Crippen LogP contribution in [0.3, 0.4) is 0 Å². The van der Waals surface area contributed by atoms with Crippen LogP contribution in [-0.4, -0.2) is 89.8 Å². The molecule has 0 spiro atoms. The third-order valence-electron chi connectivity index (χ3n) is 9.83. The number of rotatable bonds is 8. The summed E-state index contributed by atoms with van der Waals surface area (Å²) in [6.07, 6.45) is 0.863. The molecule has 2 fully saturated rings. The van der Waals surface area contributed by atoms with E-state index in [-0.39, 0.29) is 29.4 Å². The number of nitrogens with one attached hydrogen (secondary N) is 1. The molecular weight excluding hydrogens is 648 g/mol. The second-order valence-electron chi connectivity index (χ2n) is 11.8. The Morgan fingerprint density at radius 1 is 0.911 bits per heavy atom. The Morgan fingerprint density at radius 3 is 2.24 bits per heavy atom. The second-order valence-corrected chi connectivity index (χ2v) is 12.7. The van der Waals surface area contributed by atoms with Crippen LogP contribution in [0.15, 0.2) is 28.7 Å². The fourth-order valence-electron chi connectivity index (χ4n) is 7.81. The maximum atomic E-state index is 13.6. The van der Waals surface area contributed by atoms with Crippen molar-refractivity contribution in [3.8, 4) is 23.0 Å². The van der Waals surface area contributed by atoms with Crippen molar-refractivity contribution in [2.45, 2.75) is 37.5 Å². The topological polar surface area (TPSA) is 118 Å². The second kappa shape index (κ2) is 12.7. The first kappa shape index (κ1) is 31.5. The monoisotopic (exact) mass is 686 g/mol. The molecular formula is C33H39BrN2O9. The van der Waals surface area contributed by atoms with E-state index in [1.165, 1.54) is 45.1 Å². The van der Waals surface area contributed by atoms with Gasteiger partial charge in [-0.1, -0.05) is 0 Å². The van der Waals surface area contributed by atoms with Crippen LogP contribution in [0, 0.1) is 17.8 Å². The molecule has 6 rings (SSSR count). The van der Waals surface area contributed by atoms with Gasteiger partial charge in [0, 0.05) is 42.9 Å². The molecule has 0 radical (unpaired) electrons. The van der Waals surface area contributed by atoms with Gasteiger partial charge >= 0.3 is 11.9 Å². The van der Waals surface area contributed by atoms with Crippen molar-refractivity contribution in [2.24, 2.45) is 17.8 Å². The molecule has 1 saturated heterocycles. The predicted octanol–water partition coefficient (Wildman–Crippen LogP) is 4.93. The minimum Gasteiger partial charge on any atom is -0.495 e. The molecule has 6 atom stereocenters. The van der Waals surface area contributed by atoms with Gasteiger partial charge in [0.25, 0.3) is 0 Å². The van der Waals surface area contributed by atoms with Crippen LogP contribution in [0.4, 0.5) is 0 Å². The normalized spacial score (nSPS) is 25.8. The number of carbonyl (C=O) groups excluding carboxylic acids is 2. The molecule has 0 unspecified atom stereocenters. The molecule has 3 heterocycles. The van der Waals surface area contributed by atoms with Crippen molar-refractivity contribution in [1.82, 2.24) is 9.88 Å². The lowest BCUT2D eigenvalue weighted by Gasteiger charge is -2.52. The summed E-state index contributed by atoms with van der Waals surface area (Å²) in [4.78, 5) is 33.2. The minimum atomic E-state index is -0.678. The number of halogens is 1. The van der Waals surface area contributed by atoms with E-state index in [4.69, 9.17) is 33.2 Å². The van der Waals surface area contributed by atoms with Gasteiger partial charge in [0.05, 0.1) is 57.5 Å². The molecule has 11 nitrogen and oxygen atoms in total. The molecule has 1 aromatic heterocycles. The van der Waals surface area contributed by atoms with Crippen LogP contribution >= 0.6 is 15.9 Å². The van der Waals surface area contributed by atoms with Crippen LogP contribution < -0.4 is 18.9 Å². The van der Waals surface area contributed by atoms with Crippen LogP contribution in [0.25, 0.3) is 10.9 Å². The maximum Gasteiger partial charge on any atom is 0.338 e. The van der Waals surface area contributed by atoms with Gasteiger partial charge in [-0.3, -0.25) is 9.69 Å². The molecule has 2 aliphatic heterocycles. The number of nitrogens with zero attached hydrogens (tertiary/aromatic N) is 1. The van der Waals surface area contributed by atoms with Crippen molar-refractivity contribution in [1.29, 1.82) is 0 Å². The van der Waals surface area contributed by atoms with Crippen molar-refractivity contribution >= 4 is 38.8 Å². The number of hydrogen-bond acceptors (Lipinski definition) is 10. The lowest BCUT2D eigenvalue weighted by atomic mass is 9.63. The largest absolute Gasteiger partial charge is 0.495 e. The summed E-state index contributed by atoms with van der Waals surface area (Å²) >= 11 is 3.64. The van der Waals surface area contributed by atoms with E-state index in [9.17, 15) is 9.59 Å². The third-order valence-corrected chi connectivity index (χ3v) is 10.4. The Labute approximate surface area is 270 Å². The first-order chi connectivity index (χ1) is 21.8. The van der Waals surface area contributed by atoms with E-state index in [2.05, 4.69) is 31.9 Å². The van der Waals surface area contributed by atoms with Crippen molar-refractivity contribution in [3.05, 3.63) is 45.6 Å². The highest BCUT2D eigenvalue weighted by Crippen LogP contribution is 2.51. The fourth-order valence-corrected chi connectivity index (χ4v) is 8.31. The van der Waals surface area contributed by atoms with Gasteiger partial charge in [-0.25, -0.2) is 4.79 Å². The summed E-state index contributed by atoms with van der Waals surface area (Å²) in [5.41, 5.74) is 3.76. The predicted molar refractivity (Wildman–Crippen MR) is 168 cm³/mol. The summed E-state index contributed by atoms with van der Waals surface area (Å²) in [6.45, 7) is 1.66. The highest BCUT2D eigenvalue weighted by atomic mass is 79.9. The zero-order chi connectivity index (χ0) is 32.0. The molecule has 12 heteroatoms. The van der Waals surface area contributed by atoms with E-state index in [0.717, 1.165) is 41.7 Å². The van der Waals surface area contributed by atoms with Gasteiger partial charge in [0.15, 0.2) is 11.5 Å². The molecule has 0 amide bonds. The van der Waals surface area contributed by atoms with Crippen LogP contribution in [0.5, 0.6) is 23.0 Å². The molecule has 3 aliphatic rings. The number of piperidine rings is 1. The highest BCUT2D eigenvalue weighted by Gasteiger charge is 2.54. The van der Waals surface area contributed by atoms with Crippen LogP contribution in [-0.2, 0) is 25.4 Å². The first-order valence-corrected chi connectivity index (χ1v) is 15.8. The molecule has 1 N–H and O–H groups in total. The van der Waals surface area contributed by atoms with E-state index < -0.39 is 24.1 Å². The van der Waals surface area contributed by atoms with Crippen molar-refractivity contribution in [2.75, 3.05) is 55.7 Å². The summed E-state index contributed by atoms with van der Waals surface area (Å²) in [5, 5.41) is 1.18. The Morgan fingerprint density at radius 2 is 1.62 bits per heavy atom. The molecule has 2 aromatic carbocycles. The fraction of sp³-hybridized carbons (Fsp3) is 0.515. The van der Waals surface area contributed by atoms with E-state index >= 15 is 0 Å². The number of hydrogen-bond donors (Lipinski definition) is 1. The van der Waals surface area contributed by atoms with E-state index in [1.54, 1.807) is 26.4 Å². The van der Waals surface area contributed by atoms with Crippen LogP contribution in [0.1, 0.15) is 40.5 Å². The summed E-state index contributed by atoms with van der Waals surface area (Å²) in [7, 11) is 9.08. The zero-order valence-corrected chi connectivity index (χ0v) is 27.9. The molecule has 45 heavy (non-hydrogen) atoms. The Kier molecular flexibility index (Phi) is 8.91. The number of ether oxygens (including phenoxy) is 7. The SMILES string of the molecule is COC(=O)[C@H]1[C@H]2C[C@H]3c4[nH]c5cc(OC)c(Br)cc5c4CCN3C[C@@H]2C[C@@H](OC(=O)c2cc(OC)c(OC)c(OC)c2)[C@H]1OC. The van der Waals surface area contributed by atoms with Crippen molar-refractivity contribution in [3.63, 3.8) is 0 Å². The van der Waals surface area contributed by atoms with Gasteiger partial charge in [-0.15, -0.1) is 0 Å². The van der Waals surface area contributed by atoms with Gasteiger partial charge in [-0.05, 0) is 70.8 Å². The Balaban J connectivity index is 1.30. The number of fused-ring (bicyclic) bond motifs is 6. The van der Waals surface area contributed by atoms with Gasteiger partial charge < -0.3 is 38.1 Å². The molecule has 1 saturated carbocycles. The number of aromatic amines is 1. The highest BCUT2D eigenvalue weighted by molar-refractivity contribution is 9.10. The smallest absolute Gasteiger partial charge is 0.338 e. The van der Waals surface area contributed by atoms with Gasteiger partial charge in [0.1, 0.15) is 18.0 Å². The van der Waals surface area contributed by atoms with Gasteiger partial charge in [-0.2, -0.15) is 0 Å². The molecule has 3 aromatic rings. The van der Waals surface area contributed by atoms with E-state index in [0.29, 0.717) is 23.7 Å². The lowest BCUT2D eigenvalue weighted by Crippen LogP contribution is -2.58. The number of H-pyrrole nitrogens is 1. The number of benzene rings is 2. The number of aromatic nitrogens is 1. The van der Waals surface area contributed by atoms with Crippen LogP contribution in [0.2, 0.25) is 0 Å². The lowest BCUT2D eigenvalue weighted by molar-refractivity contribution is -0.176. The first-order valence-electron chi connectivity index (χ1n) is 15.0. The average molecular weight is 688 g/mol. The quantitative estimate of drug-likeness (QED) is 0.327. The zero-order valence-electron chi connectivity index (χ0n) is 26.3. The Hall–Kier alpha value is -3.48. The molecule has 0 bridgehead atoms. The summed E-state index contributed by atoms with van der Waals surface area (Å²) in [5.74, 6) is 0.355. The standard InChI is InChI=1S/C33H39BrN2O9/c1-39-24-14-22-20(12-21(24)34)18-7-8-36-15-17-11-27(45-32(37)16-9-25(40-2)30(42-4)26(10-16)41-3)31(43-5)28(33(38)44-6)19(17)13-23(36)29(18)35-22/h9-10,12,14,17,19,23,27-28,31,35H,7-8,11,13,15H2,1-6H3/t17-,19-,23-,27+,28-,31+/m0/s1. The Bertz CT molecular complexity index is 1580. The summed E-state index contributed by atoms with van der Waals surface area (Å²) in [6, 6.07) is 7.37. The van der Waals surface area contributed by atoms with Gasteiger partial charge in [0.2, 0.25) is 5.75 Å². The number of carbonyl (C=O) groups is 2. The molecule has 242 valence electrons. The maximum absolute atomic E-state index is 13.6. The third kappa shape index (κ3) is 5.40. The average Bonchev–Trinajstić information content (AvgIpc) is 3.42. The number of methoxy groups -OCH3 is 6. The minimum absolute atomic E-state index is 0.0292.